The Kier molecular flexibility index (Phi) is 20.5. The van der Waals surface area contributed by atoms with Crippen LogP contribution in [0.3, 0.4) is 0 Å². The highest BCUT2D eigenvalue weighted by molar-refractivity contribution is 7.26. The molecule has 11 nitrogen and oxygen atoms in total. The first-order valence-corrected chi connectivity index (χ1v) is 46.6. The number of hydrogen-bond donors (Lipinski definition) is 0. The molecule has 0 fully saturated rings. The van der Waals surface area contributed by atoms with Crippen LogP contribution in [-0.2, 0) is 0 Å². The van der Waals surface area contributed by atoms with Crippen molar-refractivity contribution in [2.75, 3.05) is 0 Å². The minimum Gasteiger partial charge on any atom is -0.456 e. The maximum atomic E-state index is 6.26. The SMILES string of the molecule is c1ccc(-c2nc(-c3ccc4ccccc4c3)nc(-c3ccc(-c4ccc5c(c4)oc4ccccc45)c4ccccc34)n2)cc1.c1ccc(-c2nc(-c3ccccc3)nc(-c3cccc(-c4cccc(-c5cccc6c5sc5ccccc56)c4)c3)n2)cc1.c1ccc2cc(-c3nc(-c4ccc5ccccc5c4)nc(-c4ccc(-c5ccc6c(c5)oc5ccccc56)c5ccccc45)n3)ccc2c1. The van der Waals surface area contributed by atoms with Crippen LogP contribution in [0.25, 0.3) is 265 Å². The fourth-order valence-corrected chi connectivity index (χ4v) is 20.2. The summed E-state index contributed by atoms with van der Waals surface area (Å²) in [5, 5.41) is 18.5. The fraction of sp³-hybridized carbons (Fsp3) is 0. The molecule has 0 aliphatic heterocycles. The maximum absolute atomic E-state index is 6.26. The van der Waals surface area contributed by atoms with Gasteiger partial charge in [0.2, 0.25) is 0 Å². The summed E-state index contributed by atoms with van der Waals surface area (Å²) < 4.78 is 15.1. The predicted molar refractivity (Wildman–Crippen MR) is 565 cm³/mol. The van der Waals surface area contributed by atoms with Gasteiger partial charge in [0.25, 0.3) is 0 Å². The Morgan fingerprint density at radius 3 is 0.847 bits per heavy atom. The first-order valence-electron chi connectivity index (χ1n) is 45.7. The van der Waals surface area contributed by atoms with Gasteiger partial charge in [-0.05, 0) is 183 Å². The molecule has 0 aliphatic rings. The third-order valence-corrected chi connectivity index (χ3v) is 27.0. The molecule has 27 aromatic rings. The molecule has 0 N–H and O–H groups in total. The largest absolute Gasteiger partial charge is 0.456 e. The Balaban J connectivity index is 0.000000109. The zero-order chi connectivity index (χ0) is 90.6. The minimum absolute atomic E-state index is 0.636. The third kappa shape index (κ3) is 15.5. The number of furan rings is 2. The first-order chi connectivity index (χ1) is 67.8. The van der Waals surface area contributed by atoms with Crippen molar-refractivity contribution in [1.82, 2.24) is 44.9 Å². The predicted octanol–water partition coefficient (Wildman–Crippen LogP) is 33.2. The lowest BCUT2D eigenvalue weighted by Crippen LogP contribution is -2.01. The Morgan fingerprint density at radius 2 is 0.416 bits per heavy atom. The van der Waals surface area contributed by atoms with Crippen LogP contribution in [-0.4, -0.2) is 44.9 Å². The molecular formula is C125H77N9O2S. The summed E-state index contributed by atoms with van der Waals surface area (Å²) in [5.41, 5.74) is 21.3. The summed E-state index contributed by atoms with van der Waals surface area (Å²) in [6.45, 7) is 0. The van der Waals surface area contributed by atoms with Crippen molar-refractivity contribution in [2.24, 2.45) is 0 Å². The Bertz CT molecular complexity index is 9250. The van der Waals surface area contributed by atoms with E-state index in [-0.39, 0.29) is 0 Å². The van der Waals surface area contributed by atoms with E-state index in [0.717, 1.165) is 165 Å². The van der Waals surface area contributed by atoms with E-state index in [1.807, 2.05) is 133 Å². The van der Waals surface area contributed by atoms with Gasteiger partial charge in [-0.15, -0.1) is 11.3 Å². The normalized spacial score (nSPS) is 11.5. The van der Waals surface area contributed by atoms with Crippen molar-refractivity contribution >= 4 is 129 Å². The summed E-state index contributed by atoms with van der Waals surface area (Å²) in [6.07, 6.45) is 0. The van der Waals surface area contributed by atoms with Crippen LogP contribution in [0.2, 0.25) is 0 Å². The van der Waals surface area contributed by atoms with Gasteiger partial charge in [0.1, 0.15) is 22.3 Å². The third-order valence-electron chi connectivity index (χ3n) is 25.8. The van der Waals surface area contributed by atoms with Gasteiger partial charge >= 0.3 is 0 Å². The lowest BCUT2D eigenvalue weighted by atomic mass is 9.94. The van der Waals surface area contributed by atoms with Crippen molar-refractivity contribution in [3.63, 3.8) is 0 Å². The topological polar surface area (TPSA) is 142 Å². The number of aromatic nitrogens is 9. The molecule has 12 heteroatoms. The van der Waals surface area contributed by atoms with E-state index in [0.29, 0.717) is 52.4 Å². The van der Waals surface area contributed by atoms with Crippen molar-refractivity contribution in [3.05, 3.63) is 467 Å². The van der Waals surface area contributed by atoms with E-state index < -0.39 is 0 Å². The Morgan fingerprint density at radius 1 is 0.139 bits per heavy atom. The molecule has 0 radical (unpaired) electrons. The summed E-state index contributed by atoms with van der Waals surface area (Å²) in [6, 6.07) is 162. The molecule has 0 saturated heterocycles. The van der Waals surface area contributed by atoms with E-state index >= 15 is 0 Å². The number of rotatable bonds is 13. The summed E-state index contributed by atoms with van der Waals surface area (Å²) in [5.74, 6) is 5.83. The van der Waals surface area contributed by atoms with Gasteiger partial charge in [-0.2, -0.15) is 0 Å². The van der Waals surface area contributed by atoms with Crippen LogP contribution >= 0.6 is 11.3 Å². The summed E-state index contributed by atoms with van der Waals surface area (Å²) >= 11 is 1.86. The lowest BCUT2D eigenvalue weighted by molar-refractivity contribution is 0.668. The average molecular weight is 1770 g/mol. The number of nitrogens with zero attached hydrogens (tertiary/aromatic N) is 9. The van der Waals surface area contributed by atoms with Gasteiger partial charge < -0.3 is 8.83 Å². The molecule has 21 aromatic carbocycles. The Hall–Kier alpha value is -18.2. The van der Waals surface area contributed by atoms with Crippen LogP contribution in [0.15, 0.2) is 476 Å². The molecule has 0 atom stereocenters. The second-order valence-corrected chi connectivity index (χ2v) is 35.2. The molecule has 6 heterocycles. The first kappa shape index (κ1) is 80.8. The molecule has 0 unspecified atom stereocenters. The van der Waals surface area contributed by atoms with Crippen LogP contribution in [0.1, 0.15) is 0 Å². The van der Waals surface area contributed by atoms with Crippen LogP contribution in [0.5, 0.6) is 0 Å². The van der Waals surface area contributed by atoms with Crippen molar-refractivity contribution < 1.29 is 8.83 Å². The number of hydrogen-bond acceptors (Lipinski definition) is 12. The smallest absolute Gasteiger partial charge is 0.164 e. The van der Waals surface area contributed by atoms with E-state index in [9.17, 15) is 0 Å². The van der Waals surface area contributed by atoms with E-state index in [4.69, 9.17) is 53.7 Å². The molecule has 6 aromatic heterocycles. The zero-order valence-corrected chi connectivity index (χ0v) is 74.5. The van der Waals surface area contributed by atoms with Gasteiger partial charge in [-0.25, -0.2) is 44.9 Å². The van der Waals surface area contributed by atoms with Gasteiger partial charge in [-0.3, -0.25) is 0 Å². The van der Waals surface area contributed by atoms with Gasteiger partial charge in [-0.1, -0.05) is 382 Å². The summed E-state index contributed by atoms with van der Waals surface area (Å²) in [4.78, 5) is 45.2. The van der Waals surface area contributed by atoms with Crippen molar-refractivity contribution in [1.29, 1.82) is 0 Å². The van der Waals surface area contributed by atoms with Crippen LogP contribution in [0.4, 0.5) is 0 Å². The van der Waals surface area contributed by atoms with Crippen molar-refractivity contribution in [3.8, 4) is 147 Å². The van der Waals surface area contributed by atoms with E-state index in [1.54, 1.807) is 0 Å². The molecule has 0 spiro atoms. The maximum Gasteiger partial charge on any atom is 0.164 e. The standard InChI is InChI=1S/C45H27N3O.C41H25N3O.C39H25N3S/c1-3-11-30-25-33(19-17-28(30)9-1)43-46-44(34-20-18-29-10-2-4-12-31(29)26-34)48-45(47-43)40-24-23-35(36-13-5-6-14-37(36)40)32-21-22-39-38-15-7-8-16-41(38)49-42(39)27-32;1-2-11-27(12-3-1)39-42-40(30-19-18-26-10-4-5-13-28(26)24-30)44-41(43-39)36-23-22-31(32-14-6-7-15-33(32)36)29-20-21-35-34-16-8-9-17-37(34)45-38(35)25-29;1-3-12-26(13-4-1)37-40-38(27-14-5-2-6-15-27)42-39(41-37)31-19-10-17-29(25-31)28-16-9-18-30(24-28)32-21-11-22-34-33-20-7-8-23-35(33)43-36(32)34/h1-27H;1-25H;1-25H. The zero-order valence-electron chi connectivity index (χ0n) is 73.7. The van der Waals surface area contributed by atoms with Gasteiger partial charge in [0, 0.05) is 91.8 Å². The molecule has 0 bridgehead atoms. The van der Waals surface area contributed by atoms with Crippen LogP contribution < -0.4 is 0 Å². The molecule has 27 rings (SSSR count). The highest BCUT2D eigenvalue weighted by Crippen LogP contribution is 2.45. The molecule has 640 valence electrons. The lowest BCUT2D eigenvalue weighted by Gasteiger charge is -2.13. The monoisotopic (exact) mass is 1770 g/mol. The van der Waals surface area contributed by atoms with Gasteiger partial charge in [0.15, 0.2) is 52.4 Å². The highest BCUT2D eigenvalue weighted by Gasteiger charge is 2.23. The van der Waals surface area contributed by atoms with E-state index in [2.05, 4.69) is 346 Å². The van der Waals surface area contributed by atoms with Gasteiger partial charge in [0.05, 0.1) is 0 Å². The number of thiophene rings is 1. The van der Waals surface area contributed by atoms with Crippen molar-refractivity contribution in [2.45, 2.75) is 0 Å². The quantitative estimate of drug-likeness (QED) is 0.109. The Labute approximate surface area is 791 Å². The fourth-order valence-electron chi connectivity index (χ4n) is 19.0. The second-order valence-electron chi connectivity index (χ2n) is 34.2. The van der Waals surface area contributed by atoms with E-state index in [1.165, 1.54) is 47.5 Å². The highest BCUT2D eigenvalue weighted by atomic mass is 32.1. The molecule has 137 heavy (non-hydrogen) atoms. The number of para-hydroxylation sites is 2. The van der Waals surface area contributed by atoms with Crippen LogP contribution in [0, 0.1) is 0 Å². The molecule has 0 aliphatic carbocycles. The number of fused-ring (bicyclic) bond motifs is 14. The second kappa shape index (κ2) is 34.8. The molecular weight excluding hydrogens is 1690 g/mol. The number of benzene rings is 21. The molecule has 0 amide bonds. The minimum atomic E-state index is 0.636. The average Bonchev–Trinajstić information content (AvgIpc) is 1.74. The summed E-state index contributed by atoms with van der Waals surface area (Å²) in [7, 11) is 0. The molecule has 0 saturated carbocycles.